The normalized spacial score (nSPS) is 11.4. The Hall–Kier alpha value is -4.39. The number of para-hydroxylation sites is 1. The van der Waals surface area contributed by atoms with Gasteiger partial charge in [-0.2, -0.15) is 5.10 Å². The first-order valence-electron chi connectivity index (χ1n) is 11.5. The number of carboxylic acids is 1. The highest BCUT2D eigenvalue weighted by Gasteiger charge is 2.16. The number of aliphatic carboxylic acids is 1. The molecule has 2 aromatic heterocycles. The first-order valence-corrected chi connectivity index (χ1v) is 11.5. The van der Waals surface area contributed by atoms with Gasteiger partial charge in [-0.15, -0.1) is 0 Å². The largest absolute Gasteiger partial charge is 0.487 e. The predicted molar refractivity (Wildman–Crippen MR) is 137 cm³/mol. The van der Waals surface area contributed by atoms with E-state index in [1.54, 1.807) is 18.3 Å². The molecule has 0 bridgehead atoms. The fraction of sp³-hybridized carbons (Fsp3) is 0.179. The maximum absolute atomic E-state index is 11.3. The number of nitrogen functional groups attached to an aromatic ring is 1. The van der Waals surface area contributed by atoms with Gasteiger partial charge in [0.1, 0.15) is 23.9 Å². The monoisotopic (exact) mass is 466 g/mol. The van der Waals surface area contributed by atoms with E-state index in [4.69, 9.17) is 15.6 Å². The molecule has 3 aromatic carbocycles. The Balaban J connectivity index is 1.58. The lowest BCUT2D eigenvalue weighted by atomic mass is 9.98. The van der Waals surface area contributed by atoms with Crippen molar-refractivity contribution in [3.63, 3.8) is 0 Å². The van der Waals surface area contributed by atoms with Crippen molar-refractivity contribution in [3.8, 4) is 16.9 Å². The number of benzene rings is 3. The highest BCUT2D eigenvalue weighted by molar-refractivity contribution is 5.99. The topological polar surface area (TPSA) is 103 Å². The maximum Gasteiger partial charge on any atom is 0.307 e. The number of ether oxygens (including phenoxy) is 1. The van der Waals surface area contributed by atoms with Crippen LogP contribution in [0.25, 0.3) is 32.8 Å². The number of nitrogens with zero attached hydrogens (tertiary/aromatic N) is 3. The van der Waals surface area contributed by atoms with E-state index in [9.17, 15) is 9.90 Å². The highest BCUT2D eigenvalue weighted by Crippen LogP contribution is 2.33. The molecule has 3 N–H and O–H groups in total. The lowest BCUT2D eigenvalue weighted by Crippen LogP contribution is -2.06. The zero-order chi connectivity index (χ0) is 24.5. The molecule has 5 aromatic rings. The Labute approximate surface area is 202 Å². The first kappa shape index (κ1) is 22.4. The summed E-state index contributed by atoms with van der Waals surface area (Å²) in [5, 5.41) is 17.1. The molecule has 0 saturated carbocycles. The minimum absolute atomic E-state index is 0.0967. The number of anilines is 1. The molecule has 2 heterocycles. The maximum atomic E-state index is 11.3. The molecule has 0 fully saturated rings. The Morgan fingerprint density at radius 3 is 2.69 bits per heavy atom. The van der Waals surface area contributed by atoms with Crippen LogP contribution in [0.1, 0.15) is 31.1 Å². The number of nitrogens with two attached hydrogens (primary N) is 1. The molecule has 0 unspecified atom stereocenters. The Kier molecular flexibility index (Phi) is 5.82. The van der Waals surface area contributed by atoms with Gasteiger partial charge in [-0.05, 0) is 54.6 Å². The van der Waals surface area contributed by atoms with Gasteiger partial charge in [0.25, 0.3) is 0 Å². The minimum Gasteiger partial charge on any atom is -0.487 e. The van der Waals surface area contributed by atoms with E-state index in [1.165, 1.54) is 0 Å². The summed E-state index contributed by atoms with van der Waals surface area (Å²) in [6.07, 6.45) is 1.69. The summed E-state index contributed by atoms with van der Waals surface area (Å²) in [7, 11) is 0. The van der Waals surface area contributed by atoms with Crippen LogP contribution >= 0.6 is 0 Å². The van der Waals surface area contributed by atoms with Crippen LogP contribution in [0.3, 0.4) is 0 Å². The van der Waals surface area contributed by atoms with Gasteiger partial charge in [0.2, 0.25) is 0 Å². The number of carbonyl (C=O) groups is 1. The summed E-state index contributed by atoms with van der Waals surface area (Å²) >= 11 is 0. The third kappa shape index (κ3) is 4.40. The van der Waals surface area contributed by atoms with E-state index in [1.807, 2.05) is 35.0 Å². The molecule has 35 heavy (non-hydrogen) atoms. The summed E-state index contributed by atoms with van der Waals surface area (Å²) in [6, 6.07) is 21.7. The van der Waals surface area contributed by atoms with Crippen molar-refractivity contribution < 1.29 is 14.6 Å². The van der Waals surface area contributed by atoms with E-state index < -0.39 is 5.97 Å². The average Bonchev–Trinajstić information content (AvgIpc) is 3.21. The van der Waals surface area contributed by atoms with Crippen LogP contribution in [0.2, 0.25) is 0 Å². The van der Waals surface area contributed by atoms with Crippen molar-refractivity contribution >= 4 is 33.5 Å². The van der Waals surface area contributed by atoms with Crippen LogP contribution < -0.4 is 10.5 Å². The second-order valence-corrected chi connectivity index (χ2v) is 8.82. The molecule has 0 amide bonds. The van der Waals surface area contributed by atoms with Crippen molar-refractivity contribution in [2.24, 2.45) is 0 Å². The summed E-state index contributed by atoms with van der Waals surface area (Å²) < 4.78 is 8.08. The Bertz CT molecular complexity index is 1560. The molecule has 176 valence electrons. The molecule has 0 aliphatic carbocycles. The molecule has 0 spiro atoms. The molecule has 0 radical (unpaired) electrons. The van der Waals surface area contributed by atoms with Gasteiger partial charge in [0, 0.05) is 28.6 Å². The highest BCUT2D eigenvalue weighted by atomic mass is 16.5. The molecule has 0 aliphatic heterocycles. The average molecular weight is 467 g/mol. The van der Waals surface area contributed by atoms with E-state index >= 15 is 0 Å². The minimum atomic E-state index is -0.897. The Morgan fingerprint density at radius 2 is 1.89 bits per heavy atom. The van der Waals surface area contributed by atoms with Crippen LogP contribution in [0.4, 0.5) is 5.82 Å². The second kappa shape index (κ2) is 9.10. The van der Waals surface area contributed by atoms with Crippen LogP contribution in [-0.2, 0) is 17.8 Å². The number of hydrogen-bond acceptors (Lipinski definition) is 5. The molecular formula is C28H26N4O3. The zero-order valence-corrected chi connectivity index (χ0v) is 19.6. The molecular weight excluding hydrogens is 440 g/mol. The lowest BCUT2D eigenvalue weighted by molar-refractivity contribution is -0.136. The van der Waals surface area contributed by atoms with Gasteiger partial charge in [-0.25, -0.2) is 4.98 Å². The molecule has 5 rings (SSSR count). The second-order valence-electron chi connectivity index (χ2n) is 8.82. The van der Waals surface area contributed by atoms with E-state index in [-0.39, 0.29) is 19.1 Å². The van der Waals surface area contributed by atoms with Gasteiger partial charge in [-0.1, -0.05) is 42.5 Å². The van der Waals surface area contributed by atoms with Gasteiger partial charge in [0.05, 0.1) is 11.9 Å². The zero-order valence-electron chi connectivity index (χ0n) is 19.6. The number of rotatable bonds is 7. The summed E-state index contributed by atoms with van der Waals surface area (Å²) in [6.45, 7) is 4.41. The Morgan fingerprint density at radius 1 is 1.06 bits per heavy atom. The smallest absolute Gasteiger partial charge is 0.307 e. The predicted octanol–water partition coefficient (Wildman–Crippen LogP) is 5.62. The van der Waals surface area contributed by atoms with Crippen LogP contribution in [0, 0.1) is 0 Å². The number of pyridine rings is 1. The van der Waals surface area contributed by atoms with E-state index in [0.717, 1.165) is 38.5 Å². The van der Waals surface area contributed by atoms with Crippen molar-refractivity contribution in [2.45, 2.75) is 32.9 Å². The lowest BCUT2D eigenvalue weighted by Gasteiger charge is -2.10. The van der Waals surface area contributed by atoms with E-state index in [2.05, 4.69) is 43.1 Å². The summed E-state index contributed by atoms with van der Waals surface area (Å²) in [5.41, 5.74) is 10.5. The number of aromatic nitrogens is 3. The molecule has 7 heteroatoms. The SMILES string of the molecule is CC(C)n1nc(COc2ccccc2CC(=O)O)c2cc(-c3cccc4cnc(N)cc34)ccc21. The number of carboxylic acid groups (broad SMARTS) is 1. The molecule has 0 atom stereocenters. The van der Waals surface area contributed by atoms with Gasteiger partial charge in [0.15, 0.2) is 0 Å². The van der Waals surface area contributed by atoms with Gasteiger partial charge < -0.3 is 15.6 Å². The standard InChI is InChI=1S/C28H26N4O3/c1-17(2)32-25-11-10-18(21-8-5-7-20-15-30-27(29)14-22(20)21)12-23(25)24(31-32)16-35-26-9-4-3-6-19(26)13-28(33)34/h3-12,14-15,17H,13,16H2,1-2H3,(H2,29,30)(H,33,34). The van der Waals surface area contributed by atoms with Gasteiger partial charge >= 0.3 is 5.97 Å². The van der Waals surface area contributed by atoms with Crippen molar-refractivity contribution in [1.82, 2.24) is 14.8 Å². The van der Waals surface area contributed by atoms with Crippen LogP contribution in [0.15, 0.2) is 72.9 Å². The van der Waals surface area contributed by atoms with Crippen LogP contribution in [-0.4, -0.2) is 25.8 Å². The van der Waals surface area contributed by atoms with Crippen molar-refractivity contribution in [1.29, 1.82) is 0 Å². The number of fused-ring (bicyclic) bond motifs is 2. The fourth-order valence-corrected chi connectivity index (χ4v) is 4.41. The summed E-state index contributed by atoms with van der Waals surface area (Å²) in [4.78, 5) is 15.5. The molecule has 7 nitrogen and oxygen atoms in total. The molecule has 0 aliphatic rings. The third-order valence-electron chi connectivity index (χ3n) is 6.05. The summed E-state index contributed by atoms with van der Waals surface area (Å²) in [5.74, 6) is 0.134. The van der Waals surface area contributed by atoms with Gasteiger partial charge in [-0.3, -0.25) is 9.48 Å². The van der Waals surface area contributed by atoms with Crippen molar-refractivity contribution in [3.05, 3.63) is 84.2 Å². The fourth-order valence-electron chi connectivity index (χ4n) is 4.41. The number of hydrogen-bond donors (Lipinski definition) is 2. The molecule has 0 saturated heterocycles. The van der Waals surface area contributed by atoms with Crippen LogP contribution in [0.5, 0.6) is 5.75 Å². The quantitative estimate of drug-likeness (QED) is 0.323. The first-order chi connectivity index (χ1) is 16.9. The van der Waals surface area contributed by atoms with E-state index in [0.29, 0.717) is 17.1 Å². The van der Waals surface area contributed by atoms with Crippen molar-refractivity contribution in [2.75, 3.05) is 5.73 Å². The third-order valence-corrected chi connectivity index (χ3v) is 6.05.